The number of halogens is 1. The van der Waals surface area contributed by atoms with Gasteiger partial charge in [-0.05, 0) is 42.8 Å². The van der Waals surface area contributed by atoms with E-state index >= 15 is 0 Å². The first kappa shape index (κ1) is 17.4. The number of aromatic nitrogens is 1. The predicted octanol–water partition coefficient (Wildman–Crippen LogP) is 3.73. The van der Waals surface area contributed by atoms with Gasteiger partial charge in [-0.25, -0.2) is 4.98 Å². The molecule has 1 aliphatic heterocycles. The Morgan fingerprint density at radius 3 is 2.88 bits per heavy atom. The lowest BCUT2D eigenvalue weighted by Crippen LogP contribution is -2.27. The lowest BCUT2D eigenvalue weighted by Gasteiger charge is -2.13. The number of pyridine rings is 1. The Balaban J connectivity index is 1.90. The summed E-state index contributed by atoms with van der Waals surface area (Å²) in [5, 5.41) is 9.75. The maximum absolute atomic E-state index is 13.0. The van der Waals surface area contributed by atoms with Crippen molar-refractivity contribution in [1.82, 2.24) is 4.98 Å². The second-order valence-electron chi connectivity index (χ2n) is 5.02. The second kappa shape index (κ2) is 7.20. The lowest BCUT2D eigenvalue weighted by atomic mass is 10.2. The van der Waals surface area contributed by atoms with Gasteiger partial charge in [-0.3, -0.25) is 9.69 Å². The zero-order valence-corrected chi connectivity index (χ0v) is 14.7. The summed E-state index contributed by atoms with van der Waals surface area (Å²) in [4.78, 5) is 17.9. The van der Waals surface area contributed by atoms with Crippen LogP contribution in [0.2, 0.25) is 0 Å². The monoisotopic (exact) mass is 376 g/mol. The fourth-order valence-corrected chi connectivity index (χ4v) is 3.53. The zero-order chi connectivity index (χ0) is 18.0. The third kappa shape index (κ3) is 3.64. The number of rotatable bonds is 4. The van der Waals surface area contributed by atoms with E-state index in [1.54, 1.807) is 18.2 Å². The van der Waals surface area contributed by atoms with Gasteiger partial charge in [-0.2, -0.15) is 4.39 Å². The molecule has 1 aromatic heterocycles. The Hall–Kier alpha value is -2.45. The van der Waals surface area contributed by atoms with Crippen molar-refractivity contribution >= 4 is 46.0 Å². The quantitative estimate of drug-likeness (QED) is 0.498. The van der Waals surface area contributed by atoms with Crippen molar-refractivity contribution in [3.8, 4) is 11.5 Å². The number of hydrogen-bond donors (Lipinski definition) is 1. The first-order valence-electron chi connectivity index (χ1n) is 7.35. The minimum absolute atomic E-state index is 0.0314. The van der Waals surface area contributed by atoms with Crippen LogP contribution in [-0.4, -0.2) is 26.9 Å². The molecule has 0 unspecified atom stereocenters. The number of benzene rings is 1. The van der Waals surface area contributed by atoms with Gasteiger partial charge >= 0.3 is 0 Å². The number of amides is 1. The first-order valence-corrected chi connectivity index (χ1v) is 8.57. The molecule has 5 nitrogen and oxygen atoms in total. The average molecular weight is 376 g/mol. The van der Waals surface area contributed by atoms with Gasteiger partial charge in [0.1, 0.15) is 0 Å². The van der Waals surface area contributed by atoms with Gasteiger partial charge in [0, 0.05) is 0 Å². The molecule has 1 amide bonds. The molecule has 3 rings (SSSR count). The van der Waals surface area contributed by atoms with Crippen molar-refractivity contribution < 1.29 is 19.0 Å². The standard InChI is InChI=1S/C17H13FN2O3S2/c1-2-23-13-7-10(3-5-12(13)21)8-14-16(22)20(17(24)25-14)11-4-6-15(18)19-9-11/h3-9,21H,2H2,1H3/b14-8-. The number of phenolic OH excluding ortho intramolecular Hbond substituents is 1. The SMILES string of the molecule is CCOc1cc(/C=C2\SC(=S)N(c3ccc(F)nc3)C2=O)ccc1O. The van der Waals surface area contributed by atoms with Crippen LogP contribution in [-0.2, 0) is 4.79 Å². The van der Waals surface area contributed by atoms with Crippen molar-refractivity contribution in [3.05, 3.63) is 52.9 Å². The number of thiocarbonyl (C=S) groups is 1. The third-order valence-corrected chi connectivity index (χ3v) is 4.65. The molecule has 128 valence electrons. The van der Waals surface area contributed by atoms with Gasteiger partial charge in [0.15, 0.2) is 15.8 Å². The molecule has 0 spiro atoms. The van der Waals surface area contributed by atoms with E-state index in [9.17, 15) is 14.3 Å². The Kier molecular flexibility index (Phi) is 5.00. The summed E-state index contributed by atoms with van der Waals surface area (Å²) < 4.78 is 18.7. The molecule has 8 heteroatoms. The minimum atomic E-state index is -0.628. The van der Waals surface area contributed by atoms with Crippen LogP contribution in [0.15, 0.2) is 41.4 Å². The fourth-order valence-electron chi connectivity index (χ4n) is 2.23. The Morgan fingerprint density at radius 1 is 1.40 bits per heavy atom. The number of carbonyl (C=O) groups excluding carboxylic acids is 1. The normalized spacial score (nSPS) is 15.9. The molecule has 1 saturated heterocycles. The molecule has 0 aliphatic carbocycles. The summed E-state index contributed by atoms with van der Waals surface area (Å²) in [6.07, 6.45) is 2.93. The van der Waals surface area contributed by atoms with Crippen molar-refractivity contribution in [2.45, 2.75) is 6.92 Å². The summed E-state index contributed by atoms with van der Waals surface area (Å²) in [6, 6.07) is 7.44. The van der Waals surface area contributed by atoms with Crippen LogP contribution in [0, 0.1) is 5.95 Å². The number of carbonyl (C=O) groups is 1. The summed E-state index contributed by atoms with van der Waals surface area (Å²) in [6.45, 7) is 2.23. The topological polar surface area (TPSA) is 62.7 Å². The summed E-state index contributed by atoms with van der Waals surface area (Å²) in [5.74, 6) is -0.565. The van der Waals surface area contributed by atoms with Crippen molar-refractivity contribution in [2.24, 2.45) is 0 Å². The van der Waals surface area contributed by atoms with E-state index in [4.69, 9.17) is 17.0 Å². The Labute approximate surface area is 153 Å². The molecule has 0 atom stereocenters. The molecule has 0 radical (unpaired) electrons. The highest BCUT2D eigenvalue weighted by atomic mass is 32.2. The number of ether oxygens (including phenoxy) is 1. The van der Waals surface area contributed by atoms with Gasteiger partial charge in [-0.15, -0.1) is 0 Å². The van der Waals surface area contributed by atoms with E-state index in [1.807, 2.05) is 6.92 Å². The van der Waals surface area contributed by atoms with Gasteiger partial charge in [0.2, 0.25) is 5.95 Å². The molecular formula is C17H13FN2O3S2. The summed E-state index contributed by atoms with van der Waals surface area (Å²) >= 11 is 6.40. The van der Waals surface area contributed by atoms with E-state index in [2.05, 4.69) is 4.98 Å². The lowest BCUT2D eigenvalue weighted by molar-refractivity contribution is -0.113. The maximum atomic E-state index is 13.0. The van der Waals surface area contributed by atoms with Crippen LogP contribution in [0.25, 0.3) is 6.08 Å². The predicted molar refractivity (Wildman–Crippen MR) is 99.1 cm³/mol. The number of aromatic hydroxyl groups is 1. The highest BCUT2D eigenvalue weighted by Gasteiger charge is 2.33. The van der Waals surface area contributed by atoms with Gasteiger partial charge < -0.3 is 9.84 Å². The van der Waals surface area contributed by atoms with Crippen LogP contribution >= 0.6 is 24.0 Å². The number of anilines is 1. The summed E-state index contributed by atoms with van der Waals surface area (Å²) in [5.41, 5.74) is 1.10. The van der Waals surface area contributed by atoms with Gasteiger partial charge in [0.05, 0.1) is 23.4 Å². The fraction of sp³-hybridized carbons (Fsp3) is 0.118. The van der Waals surface area contributed by atoms with Crippen LogP contribution < -0.4 is 9.64 Å². The molecular weight excluding hydrogens is 363 g/mol. The Bertz CT molecular complexity index is 869. The van der Waals surface area contributed by atoms with Crippen molar-refractivity contribution in [2.75, 3.05) is 11.5 Å². The summed E-state index contributed by atoms with van der Waals surface area (Å²) in [7, 11) is 0. The van der Waals surface area contributed by atoms with Crippen LogP contribution in [0.3, 0.4) is 0 Å². The molecule has 1 aliphatic rings. The van der Waals surface area contributed by atoms with Gasteiger partial charge in [-0.1, -0.05) is 30.0 Å². The highest BCUT2D eigenvalue weighted by Crippen LogP contribution is 2.36. The van der Waals surface area contributed by atoms with Gasteiger partial charge in [0.25, 0.3) is 5.91 Å². The molecule has 1 fully saturated rings. The average Bonchev–Trinajstić information content (AvgIpc) is 2.86. The van der Waals surface area contributed by atoms with Crippen LogP contribution in [0.1, 0.15) is 12.5 Å². The third-order valence-electron chi connectivity index (χ3n) is 3.35. The van der Waals surface area contributed by atoms with E-state index in [0.717, 1.165) is 11.8 Å². The van der Waals surface area contributed by atoms with E-state index in [-0.39, 0.29) is 11.7 Å². The van der Waals surface area contributed by atoms with Crippen LogP contribution in [0.5, 0.6) is 11.5 Å². The van der Waals surface area contributed by atoms with E-state index in [0.29, 0.717) is 32.8 Å². The molecule has 2 aromatic rings. The van der Waals surface area contributed by atoms with E-state index in [1.165, 1.54) is 29.3 Å². The van der Waals surface area contributed by atoms with Crippen molar-refractivity contribution in [1.29, 1.82) is 0 Å². The number of hydrogen-bond acceptors (Lipinski definition) is 6. The van der Waals surface area contributed by atoms with E-state index < -0.39 is 5.95 Å². The molecule has 2 heterocycles. The smallest absolute Gasteiger partial charge is 0.270 e. The second-order valence-corrected chi connectivity index (χ2v) is 6.69. The first-order chi connectivity index (χ1) is 12.0. The highest BCUT2D eigenvalue weighted by molar-refractivity contribution is 8.27. The molecule has 1 aromatic carbocycles. The molecule has 25 heavy (non-hydrogen) atoms. The maximum Gasteiger partial charge on any atom is 0.270 e. The van der Waals surface area contributed by atoms with Crippen molar-refractivity contribution in [3.63, 3.8) is 0 Å². The van der Waals surface area contributed by atoms with Crippen LogP contribution in [0.4, 0.5) is 10.1 Å². The molecule has 0 bridgehead atoms. The zero-order valence-electron chi connectivity index (χ0n) is 13.1. The minimum Gasteiger partial charge on any atom is -0.504 e. The molecule has 0 saturated carbocycles. The number of thioether (sulfide) groups is 1. The number of nitrogens with zero attached hydrogens (tertiary/aromatic N) is 2. The Morgan fingerprint density at radius 2 is 2.20 bits per heavy atom. The largest absolute Gasteiger partial charge is 0.504 e. The number of phenols is 1. The molecule has 1 N–H and O–H groups in total.